The van der Waals surface area contributed by atoms with Crippen molar-refractivity contribution >= 4 is 22.6 Å². The highest BCUT2D eigenvalue weighted by atomic mass is 16.3. The van der Waals surface area contributed by atoms with Crippen molar-refractivity contribution in [3.05, 3.63) is 70.3 Å². The van der Waals surface area contributed by atoms with Crippen LogP contribution in [-0.2, 0) is 17.8 Å². The van der Waals surface area contributed by atoms with E-state index in [2.05, 4.69) is 17.5 Å². The van der Waals surface area contributed by atoms with Crippen molar-refractivity contribution in [3.63, 3.8) is 0 Å². The fourth-order valence-electron chi connectivity index (χ4n) is 2.72. The van der Waals surface area contributed by atoms with Crippen molar-refractivity contribution in [2.24, 2.45) is 5.10 Å². The highest BCUT2D eigenvalue weighted by Gasteiger charge is 2.15. The van der Waals surface area contributed by atoms with E-state index >= 15 is 0 Å². The number of furan rings is 1. The number of fused-ring (bicyclic) bond motifs is 1. The van der Waals surface area contributed by atoms with E-state index in [0.717, 1.165) is 23.0 Å². The number of hydrogen-bond acceptors (Lipinski definition) is 4. The second-order valence-corrected chi connectivity index (χ2v) is 5.66. The van der Waals surface area contributed by atoms with Crippen molar-refractivity contribution < 1.29 is 9.21 Å². The number of aryl methyl sites for hydroxylation is 1. The maximum absolute atomic E-state index is 12.0. The summed E-state index contributed by atoms with van der Waals surface area (Å²) in [6.07, 6.45) is 2.36. The molecule has 0 fully saturated rings. The summed E-state index contributed by atoms with van der Waals surface area (Å²) < 4.78 is 7.20. The molecule has 0 aliphatic heterocycles. The van der Waals surface area contributed by atoms with Gasteiger partial charge in [-0.25, -0.2) is 5.43 Å². The first-order valence-electron chi connectivity index (χ1n) is 8.09. The van der Waals surface area contributed by atoms with Gasteiger partial charge in [0.2, 0.25) is 0 Å². The molecule has 0 aliphatic rings. The van der Waals surface area contributed by atoms with Gasteiger partial charge in [0.25, 0.3) is 11.5 Å². The minimum Gasteiger partial charge on any atom is -0.454 e. The highest BCUT2D eigenvalue weighted by molar-refractivity contribution is 6.02. The number of hydrazone groups is 1. The smallest absolute Gasteiger partial charge is 0.260 e. The van der Waals surface area contributed by atoms with Gasteiger partial charge in [-0.2, -0.15) is 5.10 Å². The first-order valence-corrected chi connectivity index (χ1v) is 8.09. The summed E-state index contributed by atoms with van der Waals surface area (Å²) in [5.74, 6) is 0.294. The molecule has 0 spiro atoms. The standard InChI is InChI=1S/C19H19N3O3/c1-3-14-15-8-4-5-9-16(15)25-19(14)13(2)20-21-17(23)12-22-11-7-6-10-18(22)24/h4-11H,3,12H2,1-2H3,(H,21,23)/b20-13-. The Morgan fingerprint density at radius 3 is 2.72 bits per heavy atom. The average molecular weight is 337 g/mol. The number of aromatic nitrogens is 1. The van der Waals surface area contributed by atoms with E-state index in [0.29, 0.717) is 11.5 Å². The first kappa shape index (κ1) is 16.7. The topological polar surface area (TPSA) is 76.6 Å². The molecule has 1 amide bonds. The van der Waals surface area contributed by atoms with Gasteiger partial charge < -0.3 is 8.98 Å². The SMILES string of the molecule is CCc1c(/C(C)=N\NC(=O)Cn2ccccc2=O)oc2ccccc12. The van der Waals surface area contributed by atoms with E-state index in [1.54, 1.807) is 25.3 Å². The molecule has 25 heavy (non-hydrogen) atoms. The van der Waals surface area contributed by atoms with E-state index in [4.69, 9.17) is 4.42 Å². The summed E-state index contributed by atoms with van der Waals surface area (Å²) in [5.41, 5.74) is 4.69. The number of rotatable bonds is 5. The van der Waals surface area contributed by atoms with Crippen molar-refractivity contribution in [2.45, 2.75) is 26.8 Å². The Balaban J connectivity index is 1.79. The largest absolute Gasteiger partial charge is 0.454 e. The Labute approximate surface area is 144 Å². The maximum Gasteiger partial charge on any atom is 0.260 e. The van der Waals surface area contributed by atoms with Crippen molar-refractivity contribution in [3.8, 4) is 0 Å². The van der Waals surface area contributed by atoms with Crippen molar-refractivity contribution in [2.75, 3.05) is 0 Å². The van der Waals surface area contributed by atoms with Crippen LogP contribution < -0.4 is 11.0 Å². The van der Waals surface area contributed by atoms with Gasteiger partial charge in [0, 0.05) is 23.2 Å². The predicted octanol–water partition coefficient (Wildman–Crippen LogP) is 2.70. The molecule has 3 aromatic rings. The molecule has 0 aliphatic carbocycles. The van der Waals surface area contributed by atoms with Gasteiger partial charge in [0.15, 0.2) is 5.76 Å². The predicted molar refractivity (Wildman–Crippen MR) is 96.6 cm³/mol. The lowest BCUT2D eigenvalue weighted by Crippen LogP contribution is -2.29. The van der Waals surface area contributed by atoms with Gasteiger partial charge in [0.1, 0.15) is 17.8 Å². The monoisotopic (exact) mass is 337 g/mol. The zero-order valence-corrected chi connectivity index (χ0v) is 14.2. The molecule has 6 heteroatoms. The molecule has 0 radical (unpaired) electrons. The molecule has 2 aromatic heterocycles. The summed E-state index contributed by atoms with van der Waals surface area (Å²) in [4.78, 5) is 23.6. The number of nitrogens with zero attached hydrogens (tertiary/aromatic N) is 2. The number of hydrogen-bond donors (Lipinski definition) is 1. The second-order valence-electron chi connectivity index (χ2n) is 5.66. The molecular formula is C19H19N3O3. The summed E-state index contributed by atoms with van der Waals surface area (Å²) in [6.45, 7) is 3.75. The fourth-order valence-corrected chi connectivity index (χ4v) is 2.72. The van der Waals surface area contributed by atoms with Gasteiger partial charge in [-0.05, 0) is 25.5 Å². The molecule has 3 rings (SSSR count). The van der Waals surface area contributed by atoms with Crippen LogP contribution in [0.5, 0.6) is 0 Å². The fraction of sp³-hybridized carbons (Fsp3) is 0.211. The van der Waals surface area contributed by atoms with Crippen LogP contribution in [0.25, 0.3) is 11.0 Å². The normalized spacial score (nSPS) is 11.7. The molecule has 128 valence electrons. The van der Waals surface area contributed by atoms with E-state index in [1.807, 2.05) is 24.3 Å². The average Bonchev–Trinajstić information content (AvgIpc) is 3.00. The molecule has 1 N–H and O–H groups in total. The molecule has 0 saturated heterocycles. The van der Waals surface area contributed by atoms with Crippen LogP contribution in [0, 0.1) is 0 Å². The number of carbonyl (C=O) groups excluding carboxylic acids is 1. The molecule has 6 nitrogen and oxygen atoms in total. The Hall–Kier alpha value is -3.15. The van der Waals surface area contributed by atoms with Crippen LogP contribution in [0.15, 0.2) is 63.0 Å². The Bertz CT molecular complexity index is 998. The van der Waals surface area contributed by atoms with E-state index < -0.39 is 0 Å². The van der Waals surface area contributed by atoms with Gasteiger partial charge in [-0.3, -0.25) is 9.59 Å². The van der Waals surface area contributed by atoms with E-state index in [1.165, 1.54) is 10.6 Å². The quantitative estimate of drug-likeness (QED) is 0.574. The highest BCUT2D eigenvalue weighted by Crippen LogP contribution is 2.26. The Morgan fingerprint density at radius 1 is 1.20 bits per heavy atom. The Kier molecular flexibility index (Phi) is 4.79. The minimum atomic E-state index is -0.373. The third-order valence-corrected chi connectivity index (χ3v) is 3.94. The van der Waals surface area contributed by atoms with Gasteiger partial charge in [0.05, 0.1) is 0 Å². The molecular weight excluding hydrogens is 318 g/mol. The molecule has 2 heterocycles. The molecule has 1 aromatic carbocycles. The van der Waals surface area contributed by atoms with E-state index in [-0.39, 0.29) is 18.0 Å². The molecule has 0 saturated carbocycles. The zero-order chi connectivity index (χ0) is 17.8. The second kappa shape index (κ2) is 7.17. The molecule has 0 atom stereocenters. The van der Waals surface area contributed by atoms with Gasteiger partial charge in [-0.15, -0.1) is 0 Å². The number of nitrogens with one attached hydrogen (secondary N) is 1. The molecule has 0 unspecified atom stereocenters. The number of pyridine rings is 1. The van der Waals surface area contributed by atoms with Crippen molar-refractivity contribution in [1.29, 1.82) is 0 Å². The summed E-state index contributed by atoms with van der Waals surface area (Å²) in [6, 6.07) is 12.5. The van der Waals surface area contributed by atoms with Crippen LogP contribution in [0.4, 0.5) is 0 Å². The summed E-state index contributed by atoms with van der Waals surface area (Å²) in [7, 11) is 0. The zero-order valence-electron chi connectivity index (χ0n) is 14.2. The molecule has 0 bridgehead atoms. The number of benzene rings is 1. The third-order valence-electron chi connectivity index (χ3n) is 3.94. The minimum absolute atomic E-state index is 0.0861. The lowest BCUT2D eigenvalue weighted by Gasteiger charge is -2.04. The third kappa shape index (κ3) is 3.52. The van der Waals surface area contributed by atoms with E-state index in [9.17, 15) is 9.59 Å². The Morgan fingerprint density at radius 2 is 1.96 bits per heavy atom. The maximum atomic E-state index is 12.0. The summed E-state index contributed by atoms with van der Waals surface area (Å²) in [5, 5.41) is 5.18. The van der Waals surface area contributed by atoms with Crippen LogP contribution >= 0.6 is 0 Å². The number of amides is 1. The van der Waals surface area contributed by atoms with Gasteiger partial charge in [-0.1, -0.05) is 31.2 Å². The van der Waals surface area contributed by atoms with Crippen LogP contribution in [-0.4, -0.2) is 16.2 Å². The number of carbonyl (C=O) groups is 1. The lowest BCUT2D eigenvalue weighted by molar-refractivity contribution is -0.121. The van der Waals surface area contributed by atoms with Crippen molar-refractivity contribution in [1.82, 2.24) is 9.99 Å². The van der Waals surface area contributed by atoms with Crippen LogP contribution in [0.3, 0.4) is 0 Å². The van der Waals surface area contributed by atoms with Crippen LogP contribution in [0.1, 0.15) is 25.2 Å². The van der Waals surface area contributed by atoms with Crippen LogP contribution in [0.2, 0.25) is 0 Å². The van der Waals surface area contributed by atoms with Gasteiger partial charge >= 0.3 is 0 Å². The first-order chi connectivity index (χ1) is 12.1. The summed E-state index contributed by atoms with van der Waals surface area (Å²) >= 11 is 0. The lowest BCUT2D eigenvalue weighted by atomic mass is 10.1. The number of para-hydroxylation sites is 1.